The third-order valence-corrected chi connectivity index (χ3v) is 2.72. The zero-order chi connectivity index (χ0) is 15.3. The molecular weight excluding hydrogens is 277 g/mol. The Labute approximate surface area is 125 Å². The summed E-state index contributed by atoms with van der Waals surface area (Å²) >= 11 is 0. The van der Waals surface area contributed by atoms with Gasteiger partial charge in [-0.15, -0.1) is 0 Å². The van der Waals surface area contributed by atoms with Gasteiger partial charge in [0.05, 0.1) is 13.2 Å². The number of para-hydroxylation sites is 1. The maximum Gasteiger partial charge on any atom is 0.165 e. The van der Waals surface area contributed by atoms with E-state index in [2.05, 4.69) is 5.32 Å². The summed E-state index contributed by atoms with van der Waals surface area (Å²) in [5.41, 5.74) is 0. The van der Waals surface area contributed by atoms with Crippen molar-refractivity contribution < 1.29 is 23.7 Å². The first-order valence-electron chi connectivity index (χ1n) is 7.07. The predicted octanol–water partition coefficient (Wildman–Crippen LogP) is 1.21. The monoisotopic (exact) mass is 301 g/mol. The van der Waals surface area contributed by atoms with Gasteiger partial charge in [0.2, 0.25) is 0 Å². The molecule has 0 saturated carbocycles. The zero-order valence-electron chi connectivity index (χ0n) is 12.4. The van der Waals surface area contributed by atoms with Crippen molar-refractivity contribution in [3.8, 4) is 5.75 Å². The lowest BCUT2D eigenvalue weighted by atomic mass is 10.3. The third-order valence-electron chi connectivity index (χ3n) is 2.72. The van der Waals surface area contributed by atoms with Crippen molar-refractivity contribution in [2.24, 2.45) is 0 Å². The minimum absolute atomic E-state index is 0.0538. The van der Waals surface area contributed by atoms with E-state index in [4.69, 9.17) is 14.2 Å². The van der Waals surface area contributed by atoms with Gasteiger partial charge in [0, 0.05) is 20.3 Å². The van der Waals surface area contributed by atoms with Crippen LogP contribution in [0, 0.1) is 5.82 Å². The van der Waals surface area contributed by atoms with Gasteiger partial charge in [-0.25, -0.2) is 4.39 Å². The Balaban J connectivity index is 1.99. The van der Waals surface area contributed by atoms with E-state index >= 15 is 0 Å². The molecule has 1 rings (SSSR count). The number of ether oxygens (including phenoxy) is 3. The molecule has 6 heteroatoms. The number of halogens is 1. The number of nitrogens with one attached hydrogen (secondary N) is 1. The van der Waals surface area contributed by atoms with E-state index in [9.17, 15) is 9.50 Å². The van der Waals surface area contributed by atoms with Crippen molar-refractivity contribution in [2.45, 2.75) is 12.5 Å². The molecule has 2 N–H and O–H groups in total. The van der Waals surface area contributed by atoms with Gasteiger partial charge in [0.15, 0.2) is 11.6 Å². The van der Waals surface area contributed by atoms with E-state index in [1.54, 1.807) is 19.2 Å². The van der Waals surface area contributed by atoms with Gasteiger partial charge in [0.25, 0.3) is 0 Å². The average molecular weight is 301 g/mol. The molecule has 0 radical (unpaired) electrons. The molecule has 0 aliphatic heterocycles. The molecule has 1 aromatic rings. The predicted molar refractivity (Wildman–Crippen MR) is 78.1 cm³/mol. The number of rotatable bonds is 12. The van der Waals surface area contributed by atoms with Crippen molar-refractivity contribution in [1.29, 1.82) is 0 Å². The van der Waals surface area contributed by atoms with Crippen LogP contribution in [0.5, 0.6) is 5.75 Å². The second-order valence-corrected chi connectivity index (χ2v) is 4.56. The minimum Gasteiger partial charge on any atom is -0.488 e. The lowest BCUT2D eigenvalue weighted by molar-refractivity contribution is 0.0683. The summed E-state index contributed by atoms with van der Waals surface area (Å²) in [4.78, 5) is 0. The van der Waals surface area contributed by atoms with E-state index < -0.39 is 11.9 Å². The molecule has 1 atom stereocenters. The molecule has 0 fully saturated rings. The van der Waals surface area contributed by atoms with Crippen molar-refractivity contribution in [3.05, 3.63) is 30.1 Å². The fraction of sp³-hybridized carbons (Fsp3) is 0.600. The molecule has 5 nitrogen and oxygen atoms in total. The van der Waals surface area contributed by atoms with Gasteiger partial charge < -0.3 is 24.6 Å². The highest BCUT2D eigenvalue weighted by atomic mass is 19.1. The molecular formula is C15H24FNO4. The summed E-state index contributed by atoms with van der Waals surface area (Å²) in [6.45, 7) is 3.03. The summed E-state index contributed by atoms with van der Waals surface area (Å²) in [5, 5.41) is 12.8. The van der Waals surface area contributed by atoms with E-state index in [1.807, 2.05) is 0 Å². The van der Waals surface area contributed by atoms with Crippen molar-refractivity contribution >= 4 is 0 Å². The Kier molecular flexibility index (Phi) is 9.73. The van der Waals surface area contributed by atoms with E-state index in [0.29, 0.717) is 26.4 Å². The van der Waals surface area contributed by atoms with Gasteiger partial charge >= 0.3 is 0 Å². The SMILES string of the molecule is COCCOCCCNCC(O)COc1ccccc1F. The number of aliphatic hydroxyl groups is 1. The summed E-state index contributed by atoms with van der Waals surface area (Å²) in [5.74, 6) is -0.269. The van der Waals surface area contributed by atoms with Crippen LogP contribution in [-0.4, -0.2) is 57.8 Å². The molecule has 21 heavy (non-hydrogen) atoms. The number of benzene rings is 1. The van der Waals surface area contributed by atoms with E-state index in [1.165, 1.54) is 12.1 Å². The van der Waals surface area contributed by atoms with Crippen LogP contribution in [0.3, 0.4) is 0 Å². The summed E-state index contributed by atoms with van der Waals surface area (Å²) in [6, 6.07) is 6.14. The van der Waals surface area contributed by atoms with Crippen molar-refractivity contribution in [1.82, 2.24) is 5.32 Å². The highest BCUT2D eigenvalue weighted by Crippen LogP contribution is 2.15. The van der Waals surface area contributed by atoms with Crippen molar-refractivity contribution in [2.75, 3.05) is 46.6 Å². The summed E-state index contributed by atoms with van der Waals surface area (Å²) in [7, 11) is 1.63. The van der Waals surface area contributed by atoms with Gasteiger partial charge in [-0.2, -0.15) is 0 Å². The van der Waals surface area contributed by atoms with Crippen LogP contribution in [0.2, 0.25) is 0 Å². The smallest absolute Gasteiger partial charge is 0.165 e. The van der Waals surface area contributed by atoms with E-state index in [0.717, 1.165) is 13.0 Å². The molecule has 0 amide bonds. The zero-order valence-corrected chi connectivity index (χ0v) is 12.4. The minimum atomic E-state index is -0.681. The second kappa shape index (κ2) is 11.4. The summed E-state index contributed by atoms with van der Waals surface area (Å²) < 4.78 is 28.7. The quantitative estimate of drug-likeness (QED) is 0.568. The van der Waals surface area contributed by atoms with Gasteiger partial charge in [-0.1, -0.05) is 12.1 Å². The maximum absolute atomic E-state index is 13.3. The van der Waals surface area contributed by atoms with Crippen LogP contribution in [0.4, 0.5) is 4.39 Å². The standard InChI is InChI=1S/C15H24FNO4/c1-19-9-10-20-8-4-7-17-11-13(18)12-21-15-6-3-2-5-14(15)16/h2-3,5-6,13,17-18H,4,7-12H2,1H3. The van der Waals surface area contributed by atoms with Crippen LogP contribution in [0.25, 0.3) is 0 Å². The number of hydrogen-bond acceptors (Lipinski definition) is 5. The Bertz CT molecular complexity index is 378. The lowest BCUT2D eigenvalue weighted by Crippen LogP contribution is -2.32. The first-order valence-corrected chi connectivity index (χ1v) is 7.07. The Morgan fingerprint density at radius 3 is 2.81 bits per heavy atom. The highest BCUT2D eigenvalue weighted by Gasteiger charge is 2.07. The largest absolute Gasteiger partial charge is 0.488 e. The Morgan fingerprint density at radius 2 is 2.05 bits per heavy atom. The molecule has 0 aliphatic carbocycles. The van der Waals surface area contributed by atoms with Crippen molar-refractivity contribution in [3.63, 3.8) is 0 Å². The molecule has 1 aromatic carbocycles. The van der Waals surface area contributed by atoms with Crippen LogP contribution in [0.1, 0.15) is 6.42 Å². The van der Waals surface area contributed by atoms with E-state index in [-0.39, 0.29) is 12.4 Å². The van der Waals surface area contributed by atoms with Crippen LogP contribution in [-0.2, 0) is 9.47 Å². The summed E-state index contributed by atoms with van der Waals surface area (Å²) in [6.07, 6.45) is 0.170. The van der Waals surface area contributed by atoms with Gasteiger partial charge in [-0.05, 0) is 25.1 Å². The fourth-order valence-corrected chi connectivity index (χ4v) is 1.62. The topological polar surface area (TPSA) is 60.0 Å². The average Bonchev–Trinajstić information content (AvgIpc) is 2.49. The first kappa shape index (κ1) is 17.8. The highest BCUT2D eigenvalue weighted by molar-refractivity contribution is 5.23. The fourth-order valence-electron chi connectivity index (χ4n) is 1.62. The molecule has 120 valence electrons. The van der Waals surface area contributed by atoms with Gasteiger partial charge in [0.1, 0.15) is 12.7 Å². The molecule has 0 saturated heterocycles. The number of hydrogen-bond donors (Lipinski definition) is 2. The molecule has 0 spiro atoms. The molecule has 0 heterocycles. The first-order chi connectivity index (χ1) is 10.2. The molecule has 0 aromatic heterocycles. The normalized spacial score (nSPS) is 12.3. The molecule has 0 bridgehead atoms. The third kappa shape index (κ3) is 8.62. The maximum atomic E-state index is 13.3. The lowest BCUT2D eigenvalue weighted by Gasteiger charge is -2.13. The van der Waals surface area contributed by atoms with Crippen LogP contribution < -0.4 is 10.1 Å². The Morgan fingerprint density at radius 1 is 1.24 bits per heavy atom. The van der Waals surface area contributed by atoms with Crippen LogP contribution in [0.15, 0.2) is 24.3 Å². The number of aliphatic hydroxyl groups excluding tert-OH is 1. The van der Waals surface area contributed by atoms with Gasteiger partial charge in [-0.3, -0.25) is 0 Å². The molecule has 1 unspecified atom stereocenters. The second-order valence-electron chi connectivity index (χ2n) is 4.56. The number of methoxy groups -OCH3 is 1. The molecule has 0 aliphatic rings. The Hall–Kier alpha value is -1.21. The van der Waals surface area contributed by atoms with Crippen LogP contribution >= 0.6 is 0 Å².